The molecule has 1 aliphatic rings. The van der Waals surface area contributed by atoms with Crippen molar-refractivity contribution in [1.82, 2.24) is 20.1 Å². The fourth-order valence-corrected chi connectivity index (χ4v) is 2.79. The number of nitrogens with one attached hydrogen (secondary N) is 1. The van der Waals surface area contributed by atoms with Crippen LogP contribution in [0.15, 0.2) is 12.1 Å². The first kappa shape index (κ1) is 12.9. The van der Waals surface area contributed by atoms with Crippen molar-refractivity contribution in [1.29, 1.82) is 0 Å². The zero-order valence-corrected chi connectivity index (χ0v) is 11.0. The van der Waals surface area contributed by atoms with Gasteiger partial charge in [0.2, 0.25) is 0 Å². The Bertz CT molecular complexity index is 639. The van der Waals surface area contributed by atoms with Gasteiger partial charge in [0.25, 0.3) is 0 Å². The average molecular weight is 275 g/mol. The van der Waals surface area contributed by atoms with Gasteiger partial charge in [-0.25, -0.2) is 4.98 Å². The molecule has 1 fully saturated rings. The fourth-order valence-electron chi connectivity index (χ4n) is 2.79. The van der Waals surface area contributed by atoms with E-state index in [2.05, 4.69) is 15.2 Å². The topological polar surface area (TPSA) is 108 Å². The molecule has 0 aliphatic carbocycles. The number of aromatic amines is 1. The highest BCUT2D eigenvalue weighted by atomic mass is 16.4. The van der Waals surface area contributed by atoms with Crippen molar-refractivity contribution in [2.45, 2.75) is 18.8 Å². The lowest BCUT2D eigenvalue weighted by molar-refractivity contribution is -0.138. The third-order valence-corrected chi connectivity index (χ3v) is 3.75. The minimum atomic E-state index is -0.783. The highest BCUT2D eigenvalue weighted by Crippen LogP contribution is 2.27. The average Bonchev–Trinajstić information content (AvgIpc) is 2.79. The summed E-state index contributed by atoms with van der Waals surface area (Å²) in [6.07, 6.45) is 2.01. The molecule has 0 amide bonds. The lowest BCUT2D eigenvalue weighted by atomic mass is 9.94. The minimum Gasteiger partial charge on any atom is -0.480 e. The number of likely N-dealkylation sites (tertiary alicyclic amines) is 1. The van der Waals surface area contributed by atoms with E-state index in [0.717, 1.165) is 37.0 Å². The molecule has 1 unspecified atom stereocenters. The number of nitrogens with zero attached hydrogens (tertiary/aromatic N) is 3. The molecule has 1 atom stereocenters. The van der Waals surface area contributed by atoms with Crippen LogP contribution in [0.4, 0.5) is 5.82 Å². The molecule has 20 heavy (non-hydrogen) atoms. The van der Waals surface area contributed by atoms with Gasteiger partial charge in [-0.2, -0.15) is 5.10 Å². The number of nitrogens with two attached hydrogens (primary N) is 1. The number of hydrogen-bond acceptors (Lipinski definition) is 5. The Hall–Kier alpha value is -2.15. The summed E-state index contributed by atoms with van der Waals surface area (Å²) in [6, 6.07) is 3.88. The van der Waals surface area contributed by atoms with Crippen molar-refractivity contribution in [2.75, 3.05) is 25.4 Å². The number of fused-ring (bicyclic) bond motifs is 1. The summed E-state index contributed by atoms with van der Waals surface area (Å²) >= 11 is 0. The van der Waals surface area contributed by atoms with Gasteiger partial charge < -0.3 is 10.8 Å². The van der Waals surface area contributed by atoms with Crippen LogP contribution < -0.4 is 5.73 Å². The SMILES string of the molecule is Nc1[nH]nc2nc(C3CCCN(CC(=O)O)C3)ccc12. The van der Waals surface area contributed by atoms with Gasteiger partial charge in [0.1, 0.15) is 5.82 Å². The van der Waals surface area contributed by atoms with E-state index in [1.165, 1.54) is 0 Å². The monoisotopic (exact) mass is 275 g/mol. The Morgan fingerprint density at radius 2 is 2.40 bits per heavy atom. The summed E-state index contributed by atoms with van der Waals surface area (Å²) in [4.78, 5) is 17.3. The number of piperidine rings is 1. The molecule has 7 heteroatoms. The van der Waals surface area contributed by atoms with Gasteiger partial charge >= 0.3 is 5.97 Å². The second-order valence-corrected chi connectivity index (χ2v) is 5.21. The lowest BCUT2D eigenvalue weighted by Crippen LogP contribution is -2.38. The van der Waals surface area contributed by atoms with Crippen LogP contribution in [0.1, 0.15) is 24.5 Å². The highest BCUT2D eigenvalue weighted by Gasteiger charge is 2.24. The quantitative estimate of drug-likeness (QED) is 0.764. The van der Waals surface area contributed by atoms with E-state index < -0.39 is 5.97 Å². The van der Waals surface area contributed by atoms with Crippen LogP contribution in [0.3, 0.4) is 0 Å². The maximum Gasteiger partial charge on any atom is 0.317 e. The minimum absolute atomic E-state index is 0.0914. The molecule has 1 aliphatic heterocycles. The van der Waals surface area contributed by atoms with Gasteiger partial charge in [-0.05, 0) is 31.5 Å². The van der Waals surface area contributed by atoms with Gasteiger partial charge in [-0.15, -0.1) is 0 Å². The summed E-state index contributed by atoms with van der Waals surface area (Å²) in [5.41, 5.74) is 7.33. The standard InChI is InChI=1S/C13H17N5O2/c14-12-9-3-4-10(15-13(9)17-16-12)8-2-1-5-18(6-8)7-11(19)20/h3-4,8H,1-2,5-7H2,(H,19,20)(H3,14,15,16,17). The third kappa shape index (κ3) is 2.44. The first-order valence-electron chi connectivity index (χ1n) is 6.68. The normalized spacial score (nSPS) is 20.3. The Morgan fingerprint density at radius 1 is 1.55 bits per heavy atom. The molecular formula is C13H17N5O2. The number of nitrogen functional groups attached to an aromatic ring is 1. The number of carboxylic acids is 1. The fraction of sp³-hybridized carbons (Fsp3) is 0.462. The van der Waals surface area contributed by atoms with Crippen molar-refractivity contribution >= 4 is 22.8 Å². The molecule has 0 radical (unpaired) electrons. The first-order chi connectivity index (χ1) is 9.63. The Labute approximate surface area is 115 Å². The molecule has 3 rings (SSSR count). The van der Waals surface area contributed by atoms with E-state index in [1.54, 1.807) is 0 Å². The molecule has 3 heterocycles. The summed E-state index contributed by atoms with van der Waals surface area (Å²) in [6.45, 7) is 1.65. The summed E-state index contributed by atoms with van der Waals surface area (Å²) < 4.78 is 0. The third-order valence-electron chi connectivity index (χ3n) is 3.75. The lowest BCUT2D eigenvalue weighted by Gasteiger charge is -2.31. The van der Waals surface area contributed by atoms with Crippen LogP contribution in [0.25, 0.3) is 11.0 Å². The molecular weight excluding hydrogens is 258 g/mol. The molecule has 0 spiro atoms. The molecule has 2 aromatic rings. The number of pyridine rings is 1. The van der Waals surface area contributed by atoms with Crippen molar-refractivity contribution in [3.8, 4) is 0 Å². The second kappa shape index (κ2) is 5.09. The van der Waals surface area contributed by atoms with Crippen LogP contribution in [0.2, 0.25) is 0 Å². The van der Waals surface area contributed by atoms with E-state index in [9.17, 15) is 4.79 Å². The van der Waals surface area contributed by atoms with E-state index in [-0.39, 0.29) is 12.5 Å². The number of aromatic nitrogens is 3. The van der Waals surface area contributed by atoms with Gasteiger partial charge in [-0.3, -0.25) is 14.8 Å². The van der Waals surface area contributed by atoms with Crippen molar-refractivity contribution in [3.05, 3.63) is 17.8 Å². The smallest absolute Gasteiger partial charge is 0.317 e. The number of anilines is 1. The number of rotatable bonds is 3. The first-order valence-corrected chi connectivity index (χ1v) is 6.68. The van der Waals surface area contributed by atoms with Gasteiger partial charge in [0.05, 0.1) is 11.9 Å². The number of aliphatic carboxylic acids is 1. The van der Waals surface area contributed by atoms with Crippen LogP contribution in [0, 0.1) is 0 Å². The number of H-pyrrole nitrogens is 1. The Balaban J connectivity index is 1.81. The number of carbonyl (C=O) groups is 1. The largest absolute Gasteiger partial charge is 0.480 e. The van der Waals surface area contributed by atoms with E-state index in [1.807, 2.05) is 17.0 Å². The van der Waals surface area contributed by atoms with Crippen molar-refractivity contribution in [3.63, 3.8) is 0 Å². The maximum atomic E-state index is 10.8. The predicted octanol–water partition coefficient (Wildman–Crippen LogP) is 0.804. The molecule has 7 nitrogen and oxygen atoms in total. The van der Waals surface area contributed by atoms with Crippen LogP contribution in [0.5, 0.6) is 0 Å². The van der Waals surface area contributed by atoms with E-state index >= 15 is 0 Å². The molecule has 1 saturated heterocycles. The molecule has 0 aromatic carbocycles. The summed E-state index contributed by atoms with van der Waals surface area (Å²) in [5.74, 6) is -0.00485. The van der Waals surface area contributed by atoms with Crippen LogP contribution in [-0.4, -0.2) is 50.8 Å². The molecule has 2 aromatic heterocycles. The molecule has 0 bridgehead atoms. The zero-order chi connectivity index (χ0) is 14.1. The zero-order valence-electron chi connectivity index (χ0n) is 11.0. The van der Waals surface area contributed by atoms with Crippen molar-refractivity contribution in [2.24, 2.45) is 0 Å². The van der Waals surface area contributed by atoms with Gasteiger partial charge in [0, 0.05) is 18.2 Å². The molecule has 0 saturated carbocycles. The molecule has 106 valence electrons. The Morgan fingerprint density at radius 3 is 3.20 bits per heavy atom. The van der Waals surface area contributed by atoms with Crippen LogP contribution >= 0.6 is 0 Å². The van der Waals surface area contributed by atoms with Gasteiger partial charge in [-0.1, -0.05) is 0 Å². The maximum absolute atomic E-state index is 10.8. The van der Waals surface area contributed by atoms with Crippen LogP contribution in [-0.2, 0) is 4.79 Å². The van der Waals surface area contributed by atoms with E-state index in [4.69, 9.17) is 10.8 Å². The second-order valence-electron chi connectivity index (χ2n) is 5.21. The number of carboxylic acid groups (broad SMARTS) is 1. The van der Waals surface area contributed by atoms with Gasteiger partial charge in [0.15, 0.2) is 5.65 Å². The number of hydrogen-bond donors (Lipinski definition) is 3. The molecule has 4 N–H and O–H groups in total. The van der Waals surface area contributed by atoms with E-state index in [0.29, 0.717) is 11.5 Å². The Kier molecular flexibility index (Phi) is 3.27. The highest BCUT2D eigenvalue weighted by molar-refractivity contribution is 5.85. The summed E-state index contributed by atoms with van der Waals surface area (Å²) in [7, 11) is 0. The predicted molar refractivity (Wildman–Crippen MR) is 74.4 cm³/mol. The summed E-state index contributed by atoms with van der Waals surface area (Å²) in [5, 5.41) is 16.5. The van der Waals surface area contributed by atoms with Crippen molar-refractivity contribution < 1.29 is 9.90 Å².